The SMILES string of the molecule is NC(=O)C[C@H](NC(=O)[C@@H](N)CC(=O)O)C(=O)N[C@@H](CCC(=O)O)C(N)=O. The Morgan fingerprint density at radius 2 is 1.35 bits per heavy atom. The first-order valence-electron chi connectivity index (χ1n) is 7.31. The summed E-state index contributed by atoms with van der Waals surface area (Å²) in [7, 11) is 0. The van der Waals surface area contributed by atoms with Crippen LogP contribution < -0.4 is 27.8 Å². The number of hydrogen-bond acceptors (Lipinski definition) is 7. The summed E-state index contributed by atoms with van der Waals surface area (Å²) >= 11 is 0. The second-order valence-electron chi connectivity index (χ2n) is 5.33. The van der Waals surface area contributed by atoms with Gasteiger partial charge in [0.05, 0.1) is 18.9 Å². The van der Waals surface area contributed by atoms with Gasteiger partial charge in [0.2, 0.25) is 23.6 Å². The molecule has 0 aliphatic heterocycles. The molecule has 10 N–H and O–H groups in total. The minimum absolute atomic E-state index is 0.313. The maximum Gasteiger partial charge on any atom is 0.305 e. The average Bonchev–Trinajstić information content (AvgIpc) is 2.48. The van der Waals surface area contributed by atoms with E-state index in [9.17, 15) is 28.8 Å². The summed E-state index contributed by atoms with van der Waals surface area (Å²) in [6, 6.07) is -4.40. The molecule has 0 saturated carbocycles. The van der Waals surface area contributed by atoms with E-state index in [-0.39, 0.29) is 6.42 Å². The molecule has 4 amide bonds. The van der Waals surface area contributed by atoms with E-state index in [0.29, 0.717) is 0 Å². The summed E-state index contributed by atoms with van der Waals surface area (Å²) in [5.41, 5.74) is 15.4. The van der Waals surface area contributed by atoms with Gasteiger partial charge in [-0.05, 0) is 6.42 Å². The lowest BCUT2D eigenvalue weighted by molar-refractivity contribution is -0.140. The fourth-order valence-corrected chi connectivity index (χ4v) is 1.80. The van der Waals surface area contributed by atoms with Crippen molar-refractivity contribution in [2.45, 2.75) is 43.8 Å². The number of carboxylic acid groups (broad SMARTS) is 2. The number of nitrogens with two attached hydrogens (primary N) is 3. The number of hydrogen-bond donors (Lipinski definition) is 7. The van der Waals surface area contributed by atoms with Gasteiger partial charge < -0.3 is 38.0 Å². The van der Waals surface area contributed by atoms with Crippen molar-refractivity contribution in [2.75, 3.05) is 0 Å². The van der Waals surface area contributed by atoms with Crippen molar-refractivity contribution >= 4 is 35.6 Å². The highest BCUT2D eigenvalue weighted by Gasteiger charge is 2.29. The van der Waals surface area contributed by atoms with Crippen LogP contribution in [0.5, 0.6) is 0 Å². The lowest BCUT2D eigenvalue weighted by Crippen LogP contribution is -2.56. The van der Waals surface area contributed by atoms with Crippen LogP contribution in [0, 0.1) is 0 Å². The van der Waals surface area contributed by atoms with E-state index in [0.717, 1.165) is 0 Å². The van der Waals surface area contributed by atoms with Gasteiger partial charge >= 0.3 is 11.9 Å². The molecule has 3 atom stereocenters. The molecule has 0 rings (SSSR count). The van der Waals surface area contributed by atoms with Gasteiger partial charge in [0.25, 0.3) is 0 Å². The molecule has 0 aromatic carbocycles. The van der Waals surface area contributed by atoms with E-state index in [1.807, 2.05) is 0 Å². The molecular weight excluding hydrogens is 354 g/mol. The van der Waals surface area contributed by atoms with E-state index in [1.54, 1.807) is 0 Å². The Kier molecular flexibility index (Phi) is 9.29. The molecule has 0 aliphatic rings. The van der Waals surface area contributed by atoms with Crippen LogP contribution in [0.15, 0.2) is 0 Å². The highest BCUT2D eigenvalue weighted by molar-refractivity contribution is 5.95. The van der Waals surface area contributed by atoms with Crippen LogP contribution in [0.25, 0.3) is 0 Å². The van der Waals surface area contributed by atoms with Gasteiger partial charge in [-0.3, -0.25) is 28.8 Å². The summed E-state index contributed by atoms with van der Waals surface area (Å²) in [6.07, 6.45) is -2.17. The molecule has 0 bridgehead atoms. The van der Waals surface area contributed by atoms with Crippen molar-refractivity contribution < 1.29 is 39.0 Å². The minimum Gasteiger partial charge on any atom is -0.481 e. The van der Waals surface area contributed by atoms with Crippen LogP contribution in [0.2, 0.25) is 0 Å². The lowest BCUT2D eigenvalue weighted by atomic mass is 10.1. The fraction of sp³-hybridized carbons (Fsp3) is 0.538. The zero-order valence-corrected chi connectivity index (χ0v) is 13.6. The van der Waals surface area contributed by atoms with Crippen LogP contribution in [-0.4, -0.2) is 63.9 Å². The fourth-order valence-electron chi connectivity index (χ4n) is 1.80. The largest absolute Gasteiger partial charge is 0.481 e. The smallest absolute Gasteiger partial charge is 0.305 e. The second kappa shape index (κ2) is 10.6. The predicted molar refractivity (Wildman–Crippen MR) is 84.0 cm³/mol. The molecule has 0 saturated heterocycles. The molecule has 13 nitrogen and oxygen atoms in total. The number of carbonyl (C=O) groups is 6. The highest BCUT2D eigenvalue weighted by atomic mass is 16.4. The lowest BCUT2D eigenvalue weighted by Gasteiger charge is -2.22. The second-order valence-corrected chi connectivity index (χ2v) is 5.33. The number of carboxylic acids is 2. The third kappa shape index (κ3) is 9.17. The Hall–Kier alpha value is -3.22. The molecular formula is C13H21N5O8. The molecule has 0 radical (unpaired) electrons. The first-order valence-corrected chi connectivity index (χ1v) is 7.31. The van der Waals surface area contributed by atoms with Crippen LogP contribution in [-0.2, 0) is 28.8 Å². The maximum absolute atomic E-state index is 12.2. The van der Waals surface area contributed by atoms with Gasteiger partial charge in [0.15, 0.2) is 0 Å². The molecule has 13 heteroatoms. The van der Waals surface area contributed by atoms with E-state index in [4.69, 9.17) is 27.4 Å². The Labute approximate surface area is 147 Å². The van der Waals surface area contributed by atoms with Crippen molar-refractivity contribution in [1.82, 2.24) is 10.6 Å². The van der Waals surface area contributed by atoms with Crippen LogP contribution >= 0.6 is 0 Å². The monoisotopic (exact) mass is 375 g/mol. The number of amides is 4. The molecule has 0 spiro atoms. The third-order valence-corrected chi connectivity index (χ3v) is 3.08. The predicted octanol–water partition coefficient (Wildman–Crippen LogP) is -4.02. The van der Waals surface area contributed by atoms with Gasteiger partial charge in [-0.1, -0.05) is 0 Å². The summed E-state index contributed by atoms with van der Waals surface area (Å²) in [5.74, 6) is -6.65. The summed E-state index contributed by atoms with van der Waals surface area (Å²) < 4.78 is 0. The summed E-state index contributed by atoms with van der Waals surface area (Å²) in [5, 5.41) is 21.4. The van der Waals surface area contributed by atoms with Gasteiger partial charge in [-0.25, -0.2) is 0 Å². The van der Waals surface area contributed by atoms with E-state index < -0.39 is 73.0 Å². The number of aliphatic carboxylic acids is 2. The van der Waals surface area contributed by atoms with Crippen molar-refractivity contribution in [3.63, 3.8) is 0 Å². The molecule has 0 aliphatic carbocycles. The number of nitrogens with one attached hydrogen (secondary N) is 2. The van der Waals surface area contributed by atoms with Gasteiger partial charge in [-0.15, -0.1) is 0 Å². The molecule has 0 heterocycles. The zero-order valence-electron chi connectivity index (χ0n) is 13.6. The minimum atomic E-state index is -1.55. The third-order valence-electron chi connectivity index (χ3n) is 3.08. The Morgan fingerprint density at radius 3 is 1.77 bits per heavy atom. The normalized spacial score (nSPS) is 13.7. The molecule has 0 unspecified atom stereocenters. The molecule has 26 heavy (non-hydrogen) atoms. The van der Waals surface area contributed by atoms with Crippen molar-refractivity contribution in [3.05, 3.63) is 0 Å². The van der Waals surface area contributed by atoms with Gasteiger partial charge in [-0.2, -0.15) is 0 Å². The van der Waals surface area contributed by atoms with Crippen molar-refractivity contribution in [3.8, 4) is 0 Å². The van der Waals surface area contributed by atoms with E-state index in [2.05, 4.69) is 10.6 Å². The Balaban J connectivity index is 5.08. The summed E-state index contributed by atoms with van der Waals surface area (Å²) in [4.78, 5) is 67.5. The first-order chi connectivity index (χ1) is 11.9. The molecule has 0 aromatic rings. The Bertz CT molecular complexity index is 593. The van der Waals surface area contributed by atoms with Crippen LogP contribution in [0.3, 0.4) is 0 Å². The summed E-state index contributed by atoms with van der Waals surface area (Å²) in [6.45, 7) is 0. The van der Waals surface area contributed by atoms with Crippen LogP contribution in [0.1, 0.15) is 25.7 Å². The van der Waals surface area contributed by atoms with Crippen molar-refractivity contribution in [2.24, 2.45) is 17.2 Å². The number of carbonyl (C=O) groups excluding carboxylic acids is 4. The molecule has 0 aromatic heterocycles. The quantitative estimate of drug-likeness (QED) is 0.175. The van der Waals surface area contributed by atoms with Crippen LogP contribution in [0.4, 0.5) is 0 Å². The number of rotatable bonds is 12. The molecule has 146 valence electrons. The Morgan fingerprint density at radius 1 is 0.808 bits per heavy atom. The van der Waals surface area contributed by atoms with Gasteiger partial charge in [0.1, 0.15) is 12.1 Å². The average molecular weight is 375 g/mol. The van der Waals surface area contributed by atoms with Crippen molar-refractivity contribution in [1.29, 1.82) is 0 Å². The highest BCUT2D eigenvalue weighted by Crippen LogP contribution is 2.01. The first kappa shape index (κ1) is 22.8. The van der Waals surface area contributed by atoms with E-state index in [1.165, 1.54) is 0 Å². The topological polar surface area (TPSA) is 245 Å². The standard InChI is InChI=1S/C13H21N5O8/c14-5(3-10(22)23)12(25)18-7(4-8(15)19)13(26)17-6(11(16)24)1-2-9(20)21/h5-7H,1-4,14H2,(H2,15,19)(H2,16,24)(H,17,26)(H,18,25)(H,20,21)(H,22,23)/t5-,6-,7-/m0/s1. The maximum atomic E-state index is 12.2. The molecule has 0 fully saturated rings. The zero-order chi connectivity index (χ0) is 20.4. The number of primary amides is 2. The van der Waals surface area contributed by atoms with E-state index >= 15 is 0 Å². The van der Waals surface area contributed by atoms with Gasteiger partial charge in [0, 0.05) is 6.42 Å².